The lowest BCUT2D eigenvalue weighted by Gasteiger charge is -2.54. The third kappa shape index (κ3) is 2.35. The molecule has 0 aliphatic carbocycles. The maximum absolute atomic E-state index is 14.0. The number of rotatable bonds is 3. The molecule has 1 spiro atoms. The van der Waals surface area contributed by atoms with Crippen molar-refractivity contribution >= 4 is 29.1 Å². The summed E-state index contributed by atoms with van der Waals surface area (Å²) in [6.45, 7) is 0.810. The fraction of sp³-hybridized carbons (Fsp3) is 0.276. The van der Waals surface area contributed by atoms with Crippen LogP contribution in [-0.2, 0) is 15.6 Å². The molecule has 3 aromatic rings. The molecule has 3 amide bonds. The van der Waals surface area contributed by atoms with Crippen molar-refractivity contribution in [1.29, 1.82) is 0 Å². The number of amides is 3. The fourth-order valence-corrected chi connectivity index (χ4v) is 7.35. The Morgan fingerprint density at radius 2 is 1.50 bits per heavy atom. The first-order valence-corrected chi connectivity index (χ1v) is 12.4. The van der Waals surface area contributed by atoms with E-state index in [-0.39, 0.29) is 30.4 Å². The van der Waals surface area contributed by atoms with E-state index in [1.54, 1.807) is 24.3 Å². The summed E-state index contributed by atoms with van der Waals surface area (Å²) >= 11 is 0. The van der Waals surface area contributed by atoms with Crippen molar-refractivity contribution in [2.75, 3.05) is 30.4 Å². The summed E-state index contributed by atoms with van der Waals surface area (Å²) in [5.74, 6) is -0.525. The van der Waals surface area contributed by atoms with Gasteiger partial charge in [-0.1, -0.05) is 48.5 Å². The number of hydrogen-bond acceptors (Lipinski definition) is 5. The molecule has 3 aromatic carbocycles. The zero-order valence-corrected chi connectivity index (χ0v) is 20.0. The van der Waals surface area contributed by atoms with E-state index >= 15 is 0 Å². The second-order valence-corrected chi connectivity index (χ2v) is 10.2. The van der Waals surface area contributed by atoms with Crippen LogP contribution in [0.1, 0.15) is 44.7 Å². The highest BCUT2D eigenvalue weighted by Crippen LogP contribution is 2.63. The van der Waals surface area contributed by atoms with Gasteiger partial charge in [-0.15, -0.1) is 0 Å². The maximum atomic E-state index is 14.0. The van der Waals surface area contributed by atoms with E-state index < -0.39 is 10.8 Å². The molecule has 7 rings (SSSR count). The largest absolute Gasteiger partial charge is 0.364 e. The number of carbonyl (C=O) groups excluding carboxylic acids is 3. The quantitative estimate of drug-likeness (QED) is 0.565. The first kappa shape index (κ1) is 21.2. The van der Waals surface area contributed by atoms with E-state index in [1.165, 1.54) is 4.90 Å². The van der Waals surface area contributed by atoms with Crippen molar-refractivity contribution in [3.8, 4) is 0 Å². The number of nitrogens with zero attached hydrogens (tertiary/aromatic N) is 2. The van der Waals surface area contributed by atoms with Crippen molar-refractivity contribution in [2.45, 2.75) is 29.8 Å². The van der Waals surface area contributed by atoms with Crippen LogP contribution in [0.15, 0.2) is 72.8 Å². The van der Waals surface area contributed by atoms with E-state index in [4.69, 9.17) is 0 Å². The van der Waals surface area contributed by atoms with Gasteiger partial charge < -0.3 is 15.5 Å². The molecule has 1 saturated heterocycles. The lowest BCUT2D eigenvalue weighted by atomic mass is 9.52. The minimum absolute atomic E-state index is 0.00825. The summed E-state index contributed by atoms with van der Waals surface area (Å²) in [5, 5.41) is 6.87. The van der Waals surface area contributed by atoms with Gasteiger partial charge in [0.1, 0.15) is 6.17 Å². The van der Waals surface area contributed by atoms with E-state index in [1.807, 2.05) is 36.4 Å². The predicted octanol–water partition coefficient (Wildman–Crippen LogP) is 3.27. The van der Waals surface area contributed by atoms with Crippen LogP contribution in [0.3, 0.4) is 0 Å². The van der Waals surface area contributed by atoms with Crippen LogP contribution < -0.4 is 15.5 Å². The Balaban J connectivity index is 1.41. The molecule has 4 heterocycles. The van der Waals surface area contributed by atoms with E-state index in [0.29, 0.717) is 30.5 Å². The first-order valence-electron chi connectivity index (χ1n) is 12.4. The molecule has 36 heavy (non-hydrogen) atoms. The van der Waals surface area contributed by atoms with Crippen molar-refractivity contribution in [3.05, 3.63) is 95.1 Å². The standard InChI is InChI=1S/C29H26N4O3/c1-32-23-13-7-5-11-21(23)28(15-17-33-24(34)18-8-2-3-9-19(18)25(33)35)26(32)31-22-12-6-4-10-20(22)29(28)14-16-30-27(29)36/h2-13,26,31H,14-17H2,1H3,(H,30,36)/t26-,28-,29+/m1/s1. The topological polar surface area (TPSA) is 81.8 Å². The molecule has 7 nitrogen and oxygen atoms in total. The van der Waals surface area contributed by atoms with Crippen LogP contribution in [0.25, 0.3) is 0 Å². The van der Waals surface area contributed by atoms with Gasteiger partial charge in [0.2, 0.25) is 5.91 Å². The molecule has 0 radical (unpaired) electrons. The number of benzene rings is 3. The van der Waals surface area contributed by atoms with Gasteiger partial charge >= 0.3 is 0 Å². The molecular weight excluding hydrogens is 452 g/mol. The highest BCUT2D eigenvalue weighted by atomic mass is 16.2. The Labute approximate surface area is 209 Å². The Morgan fingerprint density at radius 1 is 0.861 bits per heavy atom. The second kappa shape index (κ2) is 7.20. The van der Waals surface area contributed by atoms with Gasteiger partial charge in [-0.2, -0.15) is 0 Å². The fourth-order valence-electron chi connectivity index (χ4n) is 7.35. The van der Waals surface area contributed by atoms with Crippen molar-refractivity contribution in [1.82, 2.24) is 10.2 Å². The van der Waals surface area contributed by atoms with Gasteiger partial charge in [0.05, 0.1) is 22.0 Å². The molecule has 1 fully saturated rings. The van der Waals surface area contributed by atoms with E-state index in [2.05, 4.69) is 34.7 Å². The maximum Gasteiger partial charge on any atom is 0.261 e. The van der Waals surface area contributed by atoms with Gasteiger partial charge in [-0.05, 0) is 48.2 Å². The number of para-hydroxylation sites is 2. The van der Waals surface area contributed by atoms with Crippen LogP contribution in [0, 0.1) is 0 Å². The molecule has 0 aromatic heterocycles. The smallest absolute Gasteiger partial charge is 0.261 e. The number of likely N-dealkylation sites (N-methyl/N-ethyl adjacent to an activating group) is 1. The summed E-state index contributed by atoms with van der Waals surface area (Å²) in [6.07, 6.45) is 0.883. The van der Waals surface area contributed by atoms with Crippen molar-refractivity contribution in [3.63, 3.8) is 0 Å². The van der Waals surface area contributed by atoms with Gasteiger partial charge in [0, 0.05) is 31.5 Å². The van der Waals surface area contributed by atoms with E-state index in [9.17, 15) is 14.4 Å². The number of carbonyl (C=O) groups is 3. The summed E-state index contributed by atoms with van der Waals surface area (Å²) in [4.78, 5) is 44.1. The number of anilines is 2. The molecule has 4 aliphatic heterocycles. The van der Waals surface area contributed by atoms with Crippen molar-refractivity contribution < 1.29 is 14.4 Å². The van der Waals surface area contributed by atoms with Crippen LogP contribution in [0.4, 0.5) is 11.4 Å². The van der Waals surface area contributed by atoms with Gasteiger partial charge in [0.15, 0.2) is 0 Å². The zero-order chi connectivity index (χ0) is 24.7. The highest BCUT2D eigenvalue weighted by molar-refractivity contribution is 6.21. The molecule has 0 unspecified atom stereocenters. The minimum atomic E-state index is -0.834. The highest BCUT2D eigenvalue weighted by Gasteiger charge is 2.69. The monoisotopic (exact) mass is 478 g/mol. The lowest BCUT2D eigenvalue weighted by molar-refractivity contribution is -0.127. The molecule has 2 N–H and O–H groups in total. The number of imide groups is 1. The Bertz CT molecular complexity index is 1430. The van der Waals surface area contributed by atoms with Crippen LogP contribution in [-0.4, -0.2) is 48.9 Å². The predicted molar refractivity (Wildman–Crippen MR) is 136 cm³/mol. The van der Waals surface area contributed by atoms with Crippen LogP contribution >= 0.6 is 0 Å². The summed E-state index contributed by atoms with van der Waals surface area (Å²) in [7, 11) is 2.05. The van der Waals surface area contributed by atoms with Crippen molar-refractivity contribution in [2.24, 2.45) is 0 Å². The minimum Gasteiger partial charge on any atom is -0.364 e. The molecular formula is C29H26N4O3. The molecule has 7 heteroatoms. The Kier molecular flexibility index (Phi) is 4.23. The van der Waals surface area contributed by atoms with Gasteiger partial charge in [-0.3, -0.25) is 19.3 Å². The summed E-state index contributed by atoms with van der Waals surface area (Å²) in [6, 6.07) is 23.3. The Morgan fingerprint density at radius 3 is 2.19 bits per heavy atom. The number of nitrogens with one attached hydrogen (secondary N) is 2. The lowest BCUT2D eigenvalue weighted by Crippen LogP contribution is -2.66. The SMILES string of the molecule is CN1c2ccccc2[C@]2(CCN3C(=O)c4ccccc4C3=O)[C@@H]1Nc1ccccc1[C@]21CCNC1=O. The first-order chi connectivity index (χ1) is 17.5. The average molecular weight is 479 g/mol. The molecule has 0 saturated carbocycles. The third-order valence-corrected chi connectivity index (χ3v) is 8.84. The number of fused-ring (bicyclic) bond motifs is 7. The van der Waals surface area contributed by atoms with Gasteiger partial charge in [-0.25, -0.2) is 0 Å². The van der Waals surface area contributed by atoms with Crippen LogP contribution in [0.5, 0.6) is 0 Å². The summed E-state index contributed by atoms with van der Waals surface area (Å²) in [5.41, 5.74) is 3.43. The van der Waals surface area contributed by atoms with Gasteiger partial charge in [0.25, 0.3) is 11.8 Å². The second-order valence-electron chi connectivity index (χ2n) is 10.2. The summed E-state index contributed by atoms with van der Waals surface area (Å²) < 4.78 is 0. The molecule has 3 atom stereocenters. The number of hydrogen-bond donors (Lipinski definition) is 2. The molecule has 180 valence electrons. The van der Waals surface area contributed by atoms with Crippen LogP contribution in [0.2, 0.25) is 0 Å². The third-order valence-electron chi connectivity index (χ3n) is 8.84. The molecule has 4 aliphatic rings. The van der Waals surface area contributed by atoms with E-state index in [0.717, 1.165) is 22.5 Å². The molecule has 0 bridgehead atoms. The normalized spacial score (nSPS) is 27.5. The Hall–Kier alpha value is -4.13. The zero-order valence-electron chi connectivity index (χ0n) is 20.0. The average Bonchev–Trinajstić information content (AvgIpc) is 3.49.